The molecule has 0 unspecified atom stereocenters. The third-order valence-corrected chi connectivity index (χ3v) is 3.89. The Labute approximate surface area is 168 Å². The summed E-state index contributed by atoms with van der Waals surface area (Å²) in [5.41, 5.74) is -2.00. The summed E-state index contributed by atoms with van der Waals surface area (Å²) in [5, 5.41) is 9.20. The molecule has 0 bridgehead atoms. The average Bonchev–Trinajstić information content (AvgIpc) is 3.17. The topological polar surface area (TPSA) is 86.3 Å². The van der Waals surface area contributed by atoms with E-state index in [0.717, 1.165) is 23.1 Å². The van der Waals surface area contributed by atoms with Crippen molar-refractivity contribution in [2.24, 2.45) is 0 Å². The van der Waals surface area contributed by atoms with Crippen LogP contribution in [0.15, 0.2) is 18.5 Å². The fourth-order valence-electron chi connectivity index (χ4n) is 2.40. The number of hydrogen-bond acceptors (Lipinski definition) is 5. The van der Waals surface area contributed by atoms with Gasteiger partial charge in [-0.1, -0.05) is 11.6 Å². The third-order valence-electron chi connectivity index (χ3n) is 3.55. The number of ether oxygens (including phenoxy) is 1. The first kappa shape index (κ1) is 21.8. The van der Waals surface area contributed by atoms with Crippen molar-refractivity contribution >= 4 is 28.8 Å². The Hall–Kier alpha value is -2.87. The van der Waals surface area contributed by atoms with E-state index >= 15 is 0 Å². The average molecular weight is 457 g/mol. The number of rotatable bonds is 5. The SMILES string of the molecule is Cc1cc(C(F)(F)F)n2nc(C(=O)Nc3cnn(COCC(F)(F)F)c3)c(Cl)c2n1. The lowest BCUT2D eigenvalue weighted by atomic mass is 10.3. The molecule has 15 heteroatoms. The number of alkyl halides is 6. The van der Waals surface area contributed by atoms with Crippen molar-refractivity contribution in [1.29, 1.82) is 0 Å². The van der Waals surface area contributed by atoms with E-state index in [1.807, 2.05) is 0 Å². The van der Waals surface area contributed by atoms with Crippen LogP contribution in [0, 0.1) is 6.92 Å². The first-order valence-electron chi connectivity index (χ1n) is 7.96. The van der Waals surface area contributed by atoms with E-state index in [2.05, 4.69) is 25.2 Å². The number of anilines is 1. The summed E-state index contributed by atoms with van der Waals surface area (Å²) in [7, 11) is 0. The Morgan fingerprint density at radius 2 is 1.97 bits per heavy atom. The van der Waals surface area contributed by atoms with Gasteiger partial charge in [-0.05, 0) is 13.0 Å². The summed E-state index contributed by atoms with van der Waals surface area (Å²) < 4.78 is 81.7. The molecule has 0 fully saturated rings. The predicted molar refractivity (Wildman–Crippen MR) is 89.9 cm³/mol. The number of nitrogens with zero attached hydrogens (tertiary/aromatic N) is 5. The Bertz CT molecular complexity index is 1090. The smallest absolute Gasteiger partial charge is 0.350 e. The van der Waals surface area contributed by atoms with Crippen molar-refractivity contribution in [1.82, 2.24) is 24.4 Å². The maximum absolute atomic E-state index is 13.2. The number of carbonyl (C=O) groups is 1. The largest absolute Gasteiger partial charge is 0.433 e. The zero-order valence-corrected chi connectivity index (χ0v) is 15.6. The van der Waals surface area contributed by atoms with Crippen LogP contribution in [-0.4, -0.2) is 43.1 Å². The monoisotopic (exact) mass is 456 g/mol. The number of aryl methyl sites for hydroxylation is 1. The molecule has 3 rings (SSSR count). The molecule has 1 N–H and O–H groups in total. The van der Waals surface area contributed by atoms with Gasteiger partial charge in [0.2, 0.25) is 0 Å². The number of hydrogen-bond donors (Lipinski definition) is 1. The zero-order valence-electron chi connectivity index (χ0n) is 14.8. The van der Waals surface area contributed by atoms with Gasteiger partial charge in [0.15, 0.2) is 11.3 Å². The number of halogens is 7. The lowest BCUT2D eigenvalue weighted by Gasteiger charge is -2.09. The van der Waals surface area contributed by atoms with Crippen molar-refractivity contribution in [2.45, 2.75) is 26.0 Å². The standard InChI is InChI=1S/C15H11ClF6N6O2/c1-7-2-9(15(20,21)22)28-12(24-7)10(16)11(26-28)13(29)25-8-3-23-27(4-8)6-30-5-14(17,18)19/h2-4H,5-6H2,1H3,(H,25,29). The fraction of sp³-hybridized carbons (Fsp3) is 0.333. The van der Waals surface area contributed by atoms with Crippen LogP contribution in [0.5, 0.6) is 0 Å². The Kier molecular flexibility index (Phi) is 5.64. The number of fused-ring (bicyclic) bond motifs is 1. The summed E-state index contributed by atoms with van der Waals surface area (Å²) >= 11 is 6.01. The number of nitrogens with one attached hydrogen (secondary N) is 1. The number of carbonyl (C=O) groups excluding carboxylic acids is 1. The first-order chi connectivity index (χ1) is 13.8. The maximum atomic E-state index is 13.2. The summed E-state index contributed by atoms with van der Waals surface area (Å²) in [6.45, 7) is -0.699. The van der Waals surface area contributed by atoms with Crippen molar-refractivity contribution in [2.75, 3.05) is 11.9 Å². The molecule has 3 aromatic rings. The van der Waals surface area contributed by atoms with Gasteiger partial charge in [0.05, 0.1) is 18.1 Å². The van der Waals surface area contributed by atoms with Crippen LogP contribution in [0.3, 0.4) is 0 Å². The molecule has 0 spiro atoms. The zero-order chi connectivity index (χ0) is 22.3. The molecule has 0 aromatic carbocycles. The molecule has 0 atom stereocenters. The molecular weight excluding hydrogens is 446 g/mol. The minimum atomic E-state index is -4.77. The van der Waals surface area contributed by atoms with Crippen LogP contribution in [-0.2, 0) is 17.6 Å². The summed E-state index contributed by atoms with van der Waals surface area (Å²) in [5.74, 6) is -0.966. The van der Waals surface area contributed by atoms with Gasteiger partial charge in [0.1, 0.15) is 24.1 Å². The molecule has 8 nitrogen and oxygen atoms in total. The summed E-state index contributed by atoms with van der Waals surface area (Å²) in [6, 6.07) is 0.753. The minimum absolute atomic E-state index is 0.0173. The van der Waals surface area contributed by atoms with Crippen LogP contribution in [0.1, 0.15) is 21.9 Å². The highest BCUT2D eigenvalue weighted by molar-refractivity contribution is 6.37. The predicted octanol–water partition coefficient (Wildman–Crippen LogP) is 3.70. The van der Waals surface area contributed by atoms with Crippen molar-refractivity contribution in [3.8, 4) is 0 Å². The summed E-state index contributed by atoms with van der Waals surface area (Å²) in [6.07, 6.45) is -7.03. The van der Waals surface area contributed by atoms with E-state index in [-0.39, 0.29) is 17.0 Å². The van der Waals surface area contributed by atoms with E-state index in [9.17, 15) is 31.1 Å². The number of amides is 1. The van der Waals surface area contributed by atoms with Gasteiger partial charge in [0, 0.05) is 5.69 Å². The number of aromatic nitrogens is 5. The van der Waals surface area contributed by atoms with E-state index < -0.39 is 48.0 Å². The minimum Gasteiger partial charge on any atom is -0.350 e. The van der Waals surface area contributed by atoms with Gasteiger partial charge in [-0.15, -0.1) is 0 Å². The van der Waals surface area contributed by atoms with Crippen molar-refractivity contribution in [3.63, 3.8) is 0 Å². The molecule has 0 aliphatic carbocycles. The van der Waals surface area contributed by atoms with E-state index in [4.69, 9.17) is 11.6 Å². The second-order valence-corrected chi connectivity index (χ2v) is 6.37. The molecule has 162 valence electrons. The fourth-order valence-corrected chi connectivity index (χ4v) is 2.65. The second kappa shape index (κ2) is 7.75. The van der Waals surface area contributed by atoms with Gasteiger partial charge in [0.25, 0.3) is 5.91 Å². The summed E-state index contributed by atoms with van der Waals surface area (Å²) in [4.78, 5) is 16.3. The lowest BCUT2D eigenvalue weighted by Crippen LogP contribution is -2.18. The van der Waals surface area contributed by atoms with Crippen molar-refractivity contribution in [3.05, 3.63) is 40.6 Å². The Morgan fingerprint density at radius 1 is 1.27 bits per heavy atom. The Morgan fingerprint density at radius 3 is 2.60 bits per heavy atom. The molecule has 30 heavy (non-hydrogen) atoms. The normalized spacial score (nSPS) is 12.5. The maximum Gasteiger partial charge on any atom is 0.433 e. The quantitative estimate of drug-likeness (QED) is 0.592. The molecular formula is C15H11ClF6N6O2. The van der Waals surface area contributed by atoms with Crippen LogP contribution >= 0.6 is 11.6 Å². The molecule has 0 saturated heterocycles. The highest BCUT2D eigenvalue weighted by Gasteiger charge is 2.36. The molecule has 0 radical (unpaired) electrons. The van der Waals surface area contributed by atoms with Crippen molar-refractivity contribution < 1.29 is 35.9 Å². The molecule has 0 saturated carbocycles. The highest BCUT2D eigenvalue weighted by Crippen LogP contribution is 2.32. The highest BCUT2D eigenvalue weighted by atomic mass is 35.5. The molecule has 3 aromatic heterocycles. The molecule has 0 aliphatic heterocycles. The molecule has 3 heterocycles. The van der Waals surface area contributed by atoms with Gasteiger partial charge in [-0.3, -0.25) is 4.79 Å². The first-order valence-corrected chi connectivity index (χ1v) is 8.34. The Balaban J connectivity index is 1.80. The van der Waals surface area contributed by atoms with E-state index in [0.29, 0.717) is 4.52 Å². The lowest BCUT2D eigenvalue weighted by molar-refractivity contribution is -0.182. The van der Waals surface area contributed by atoms with E-state index in [1.165, 1.54) is 6.92 Å². The van der Waals surface area contributed by atoms with Gasteiger partial charge >= 0.3 is 12.4 Å². The molecule has 0 aliphatic rings. The van der Waals surface area contributed by atoms with E-state index in [1.54, 1.807) is 0 Å². The van der Waals surface area contributed by atoms with Crippen LogP contribution < -0.4 is 5.32 Å². The van der Waals surface area contributed by atoms with Gasteiger partial charge < -0.3 is 10.1 Å². The molecule has 1 amide bonds. The van der Waals surface area contributed by atoms with Gasteiger partial charge in [-0.25, -0.2) is 14.2 Å². The van der Waals surface area contributed by atoms with Crippen LogP contribution in [0.4, 0.5) is 32.0 Å². The van der Waals surface area contributed by atoms with Crippen LogP contribution in [0.25, 0.3) is 5.65 Å². The van der Waals surface area contributed by atoms with Crippen LogP contribution in [0.2, 0.25) is 5.02 Å². The third kappa shape index (κ3) is 4.81. The van der Waals surface area contributed by atoms with Gasteiger partial charge in [-0.2, -0.15) is 36.5 Å². The second-order valence-electron chi connectivity index (χ2n) is 5.99.